The van der Waals surface area contributed by atoms with Crippen molar-refractivity contribution in [1.29, 1.82) is 0 Å². The number of hydrogen-bond donors (Lipinski definition) is 0. The molecule has 25 heavy (non-hydrogen) atoms. The Morgan fingerprint density at radius 2 is 1.92 bits per heavy atom. The van der Waals surface area contributed by atoms with Crippen molar-refractivity contribution in [3.8, 4) is 17.2 Å². The molecule has 0 aromatic heterocycles. The number of halogens is 1. The van der Waals surface area contributed by atoms with Crippen LogP contribution >= 0.6 is 11.6 Å². The molecule has 1 unspecified atom stereocenters. The van der Waals surface area contributed by atoms with Gasteiger partial charge in [-0.15, -0.1) is 0 Å². The molecule has 0 aliphatic carbocycles. The summed E-state index contributed by atoms with van der Waals surface area (Å²) >= 11 is 6.06. The third kappa shape index (κ3) is 4.20. The van der Waals surface area contributed by atoms with Crippen molar-refractivity contribution < 1.29 is 14.2 Å². The van der Waals surface area contributed by atoms with Gasteiger partial charge in [0.25, 0.3) is 0 Å². The Balaban J connectivity index is 1.69. The van der Waals surface area contributed by atoms with Crippen LogP contribution in [0.2, 0.25) is 5.02 Å². The Morgan fingerprint density at radius 3 is 2.64 bits per heavy atom. The standard InChI is InChI=1S/C20H24ClNO3/c1-20(25-17-8-5-7-16(21)12-17)10-11-22(14-20)13-15-6-4-9-18(23-2)19(15)24-3/h4-9,12H,10-11,13-14H2,1-3H3. The van der Waals surface area contributed by atoms with Crippen LogP contribution in [0.1, 0.15) is 18.9 Å². The molecular formula is C20H24ClNO3. The van der Waals surface area contributed by atoms with Gasteiger partial charge in [0, 0.05) is 36.6 Å². The van der Waals surface area contributed by atoms with Crippen molar-refractivity contribution in [2.75, 3.05) is 27.3 Å². The molecule has 1 atom stereocenters. The maximum Gasteiger partial charge on any atom is 0.165 e. The quantitative estimate of drug-likeness (QED) is 0.763. The van der Waals surface area contributed by atoms with Crippen molar-refractivity contribution in [3.05, 3.63) is 53.1 Å². The average molecular weight is 362 g/mol. The lowest BCUT2D eigenvalue weighted by atomic mass is 10.1. The number of para-hydroxylation sites is 1. The highest BCUT2D eigenvalue weighted by molar-refractivity contribution is 6.30. The molecule has 5 heteroatoms. The Hall–Kier alpha value is -1.91. The van der Waals surface area contributed by atoms with Crippen LogP contribution in [0.15, 0.2) is 42.5 Å². The van der Waals surface area contributed by atoms with Gasteiger partial charge < -0.3 is 14.2 Å². The average Bonchev–Trinajstić information content (AvgIpc) is 2.95. The zero-order chi connectivity index (χ0) is 17.9. The van der Waals surface area contributed by atoms with Gasteiger partial charge >= 0.3 is 0 Å². The molecular weight excluding hydrogens is 338 g/mol. The number of methoxy groups -OCH3 is 2. The van der Waals surface area contributed by atoms with Crippen LogP contribution in [-0.2, 0) is 6.54 Å². The number of hydrogen-bond acceptors (Lipinski definition) is 4. The van der Waals surface area contributed by atoms with E-state index in [1.165, 1.54) is 0 Å². The Labute approximate surface area is 154 Å². The lowest BCUT2D eigenvalue weighted by Gasteiger charge is -2.27. The van der Waals surface area contributed by atoms with Crippen molar-refractivity contribution >= 4 is 11.6 Å². The molecule has 4 nitrogen and oxygen atoms in total. The number of ether oxygens (including phenoxy) is 3. The fourth-order valence-corrected chi connectivity index (χ4v) is 3.56. The van der Waals surface area contributed by atoms with Crippen LogP contribution in [0.25, 0.3) is 0 Å². The molecule has 2 aromatic rings. The molecule has 1 saturated heterocycles. The van der Waals surface area contributed by atoms with Crippen molar-refractivity contribution in [2.24, 2.45) is 0 Å². The normalized spacial score (nSPS) is 20.5. The van der Waals surface area contributed by atoms with Gasteiger partial charge in [0.05, 0.1) is 14.2 Å². The van der Waals surface area contributed by atoms with E-state index >= 15 is 0 Å². The minimum Gasteiger partial charge on any atom is -0.493 e. The predicted octanol–water partition coefficient (Wildman–Crippen LogP) is 4.40. The van der Waals surface area contributed by atoms with E-state index in [0.29, 0.717) is 5.02 Å². The Bertz CT molecular complexity index is 737. The second-order valence-corrected chi connectivity index (χ2v) is 7.06. The molecule has 0 bridgehead atoms. The van der Waals surface area contributed by atoms with E-state index in [4.69, 9.17) is 25.8 Å². The van der Waals surface area contributed by atoms with E-state index in [2.05, 4.69) is 17.9 Å². The van der Waals surface area contributed by atoms with Gasteiger partial charge in [-0.25, -0.2) is 0 Å². The topological polar surface area (TPSA) is 30.9 Å². The molecule has 0 amide bonds. The fraction of sp³-hybridized carbons (Fsp3) is 0.400. The summed E-state index contributed by atoms with van der Waals surface area (Å²) in [5, 5.41) is 0.692. The largest absolute Gasteiger partial charge is 0.493 e. The first-order chi connectivity index (χ1) is 12.0. The maximum absolute atomic E-state index is 6.23. The first kappa shape index (κ1) is 17.9. The highest BCUT2D eigenvalue weighted by Gasteiger charge is 2.36. The van der Waals surface area contributed by atoms with Gasteiger partial charge in [0.1, 0.15) is 11.4 Å². The van der Waals surface area contributed by atoms with Crippen LogP contribution in [0, 0.1) is 0 Å². The van der Waals surface area contributed by atoms with E-state index in [9.17, 15) is 0 Å². The Kier molecular flexibility index (Phi) is 5.40. The number of likely N-dealkylation sites (tertiary alicyclic amines) is 1. The third-order valence-electron chi connectivity index (χ3n) is 4.55. The molecule has 0 saturated carbocycles. The van der Waals surface area contributed by atoms with Crippen LogP contribution in [0.5, 0.6) is 17.2 Å². The van der Waals surface area contributed by atoms with Crippen LogP contribution < -0.4 is 14.2 Å². The summed E-state index contributed by atoms with van der Waals surface area (Å²) in [4.78, 5) is 2.38. The number of benzene rings is 2. The van der Waals surface area contributed by atoms with Crippen LogP contribution in [0.3, 0.4) is 0 Å². The van der Waals surface area contributed by atoms with E-state index in [0.717, 1.165) is 48.9 Å². The fourth-order valence-electron chi connectivity index (χ4n) is 3.38. The minimum absolute atomic E-state index is 0.225. The molecule has 2 aromatic carbocycles. The smallest absolute Gasteiger partial charge is 0.165 e. The van der Waals surface area contributed by atoms with Gasteiger partial charge in [-0.2, -0.15) is 0 Å². The molecule has 0 radical (unpaired) electrons. The summed E-state index contributed by atoms with van der Waals surface area (Å²) in [5.74, 6) is 2.38. The van der Waals surface area contributed by atoms with Gasteiger partial charge in [-0.1, -0.05) is 29.8 Å². The molecule has 1 fully saturated rings. The first-order valence-corrected chi connectivity index (χ1v) is 8.77. The molecule has 1 aliphatic rings. The van der Waals surface area contributed by atoms with Crippen LogP contribution in [0.4, 0.5) is 0 Å². The molecule has 1 heterocycles. The highest BCUT2D eigenvalue weighted by atomic mass is 35.5. The monoisotopic (exact) mass is 361 g/mol. The molecule has 134 valence electrons. The van der Waals surface area contributed by atoms with Gasteiger partial charge in [0.2, 0.25) is 0 Å². The summed E-state index contributed by atoms with van der Waals surface area (Å²) in [7, 11) is 3.34. The number of rotatable bonds is 6. The highest BCUT2D eigenvalue weighted by Crippen LogP contribution is 2.34. The summed E-state index contributed by atoms with van der Waals surface area (Å²) < 4.78 is 17.2. The summed E-state index contributed by atoms with van der Waals surface area (Å²) in [6, 6.07) is 13.6. The van der Waals surface area contributed by atoms with Gasteiger partial charge in [0.15, 0.2) is 11.5 Å². The number of nitrogens with zero attached hydrogens (tertiary/aromatic N) is 1. The Morgan fingerprint density at radius 1 is 1.12 bits per heavy atom. The summed E-state index contributed by atoms with van der Waals surface area (Å²) in [6.45, 7) is 4.77. The second kappa shape index (κ2) is 7.54. The lowest BCUT2D eigenvalue weighted by Crippen LogP contribution is -2.36. The molecule has 0 N–H and O–H groups in total. The zero-order valence-electron chi connectivity index (χ0n) is 14.9. The van der Waals surface area contributed by atoms with E-state index < -0.39 is 0 Å². The first-order valence-electron chi connectivity index (χ1n) is 8.40. The molecule has 3 rings (SSSR count). The van der Waals surface area contributed by atoms with E-state index in [1.807, 2.05) is 36.4 Å². The second-order valence-electron chi connectivity index (χ2n) is 6.62. The zero-order valence-corrected chi connectivity index (χ0v) is 15.7. The van der Waals surface area contributed by atoms with Gasteiger partial charge in [-0.3, -0.25) is 4.90 Å². The van der Waals surface area contributed by atoms with E-state index in [1.54, 1.807) is 14.2 Å². The lowest BCUT2D eigenvalue weighted by molar-refractivity contribution is 0.0949. The summed E-state index contributed by atoms with van der Waals surface area (Å²) in [5.41, 5.74) is 0.894. The predicted molar refractivity (Wildman–Crippen MR) is 99.9 cm³/mol. The SMILES string of the molecule is COc1cccc(CN2CCC(C)(Oc3cccc(Cl)c3)C2)c1OC. The van der Waals surface area contributed by atoms with Gasteiger partial charge in [-0.05, 0) is 31.2 Å². The van der Waals surface area contributed by atoms with Crippen molar-refractivity contribution in [1.82, 2.24) is 4.90 Å². The molecule has 0 spiro atoms. The maximum atomic E-state index is 6.23. The minimum atomic E-state index is -0.225. The van der Waals surface area contributed by atoms with Crippen molar-refractivity contribution in [2.45, 2.75) is 25.5 Å². The van der Waals surface area contributed by atoms with E-state index in [-0.39, 0.29) is 5.60 Å². The molecule has 1 aliphatic heterocycles. The van der Waals surface area contributed by atoms with Crippen LogP contribution in [-0.4, -0.2) is 37.8 Å². The summed E-state index contributed by atoms with van der Waals surface area (Å²) in [6.07, 6.45) is 0.964. The van der Waals surface area contributed by atoms with Crippen molar-refractivity contribution in [3.63, 3.8) is 0 Å². The third-order valence-corrected chi connectivity index (χ3v) is 4.79.